The van der Waals surface area contributed by atoms with Crippen molar-refractivity contribution in [2.45, 2.75) is 0 Å². The average Bonchev–Trinajstić information content (AvgIpc) is 2.84. The lowest BCUT2D eigenvalue weighted by Gasteiger charge is -2.10. The smallest absolute Gasteiger partial charge is 0.418 e. The Morgan fingerprint density at radius 2 is 1.68 bits per heavy atom. The van der Waals surface area contributed by atoms with E-state index in [1.807, 2.05) is 6.07 Å². The average molecular weight is 327 g/mol. The van der Waals surface area contributed by atoms with Crippen LogP contribution < -0.4 is 19.2 Å². The predicted octanol–water partition coefficient (Wildman–Crippen LogP) is 2.90. The maximum Gasteiger partial charge on any atom is 0.673 e. The topological polar surface area (TPSA) is 21.2 Å². The van der Waals surface area contributed by atoms with Gasteiger partial charge in [-0.15, -0.1) is 0 Å². The first-order chi connectivity index (χ1) is 10.4. The van der Waals surface area contributed by atoms with Gasteiger partial charge in [-0.1, -0.05) is 18.2 Å². The number of benzene rings is 1. The number of nitrogens with zero attached hydrogens (tertiary/aromatic N) is 2. The van der Waals surface area contributed by atoms with E-state index in [-0.39, 0.29) is 0 Å². The molecule has 1 aromatic heterocycles. The lowest BCUT2D eigenvalue weighted by atomic mass is 10.3. The molecule has 2 aliphatic rings. The number of pyridine rings is 1. The number of fused-ring (bicyclic) bond motifs is 4. The van der Waals surface area contributed by atoms with Gasteiger partial charge in [0.1, 0.15) is 11.0 Å². The van der Waals surface area contributed by atoms with Gasteiger partial charge in [0.05, 0.1) is 18.1 Å². The highest BCUT2D eigenvalue weighted by Gasteiger charge is 2.35. The number of hydrogen-bond donors (Lipinski definition) is 1. The second-order valence-electron chi connectivity index (χ2n) is 4.47. The SMILES string of the molecule is C1=c2cccc[n+]2=C2Nc3ccccc3N2S1.F[B-](F)(F)F. The summed E-state index contributed by atoms with van der Waals surface area (Å²) in [6, 6.07) is 14.6. The van der Waals surface area contributed by atoms with Crippen LogP contribution in [0.25, 0.3) is 5.41 Å². The minimum Gasteiger partial charge on any atom is -0.418 e. The van der Waals surface area contributed by atoms with Crippen molar-refractivity contribution in [3.05, 3.63) is 60.0 Å². The van der Waals surface area contributed by atoms with Gasteiger partial charge in [-0.2, -0.15) is 4.31 Å². The van der Waals surface area contributed by atoms with E-state index in [9.17, 15) is 17.3 Å². The molecule has 3 heterocycles. The zero-order valence-electron chi connectivity index (χ0n) is 11.1. The number of hydrogen-bond acceptors (Lipinski definition) is 3. The normalized spacial score (nSPS) is 14.7. The van der Waals surface area contributed by atoms with E-state index in [1.165, 1.54) is 11.0 Å². The summed E-state index contributed by atoms with van der Waals surface area (Å²) in [5.41, 5.74) is 2.37. The quantitative estimate of drug-likeness (QED) is 0.348. The Hall–Kier alpha value is -2.16. The third kappa shape index (κ3) is 3.04. The van der Waals surface area contributed by atoms with Crippen LogP contribution in [0, 0.1) is 5.96 Å². The van der Waals surface area contributed by atoms with Crippen molar-refractivity contribution in [1.29, 1.82) is 0 Å². The van der Waals surface area contributed by atoms with Crippen molar-refractivity contribution in [2.75, 3.05) is 9.62 Å². The molecule has 2 aromatic rings. The van der Waals surface area contributed by atoms with Gasteiger partial charge in [0.15, 0.2) is 5.69 Å². The maximum atomic E-state index is 9.75. The monoisotopic (exact) mass is 327 g/mol. The summed E-state index contributed by atoms with van der Waals surface area (Å²) >= 11 is 1.71. The Balaban J connectivity index is 0.000000254. The number of anilines is 2. The minimum atomic E-state index is -6.00. The molecule has 114 valence electrons. The van der Waals surface area contributed by atoms with Gasteiger partial charge in [0, 0.05) is 5.41 Å². The lowest BCUT2D eigenvalue weighted by molar-refractivity contribution is -0.536. The zero-order valence-corrected chi connectivity index (χ0v) is 11.9. The standard InChI is InChI=1S/C13H9N3S.BF4/c1-2-7-12-11(6-1)14-13-15-8-4-3-5-10(15)9-17-16(12)13;2-1(3,4)5/h1-9H;/q;-1/p+1. The molecule has 0 saturated carbocycles. The van der Waals surface area contributed by atoms with Crippen LogP contribution in [0.15, 0.2) is 48.7 Å². The van der Waals surface area contributed by atoms with Crippen molar-refractivity contribution in [2.24, 2.45) is 0 Å². The van der Waals surface area contributed by atoms with E-state index in [2.05, 4.69) is 61.9 Å². The highest BCUT2D eigenvalue weighted by molar-refractivity contribution is 8.08. The van der Waals surface area contributed by atoms with E-state index in [1.54, 1.807) is 11.9 Å². The highest BCUT2D eigenvalue weighted by Crippen LogP contribution is 2.39. The highest BCUT2D eigenvalue weighted by atomic mass is 32.2. The molecule has 0 radical (unpaired) electrons. The van der Waals surface area contributed by atoms with Gasteiger partial charge < -0.3 is 17.3 Å². The van der Waals surface area contributed by atoms with E-state index >= 15 is 0 Å². The summed E-state index contributed by atoms with van der Waals surface area (Å²) in [6.07, 6.45) is 2.08. The summed E-state index contributed by atoms with van der Waals surface area (Å²) < 4.78 is 43.4. The largest absolute Gasteiger partial charge is 0.673 e. The van der Waals surface area contributed by atoms with Crippen LogP contribution in [0.1, 0.15) is 0 Å². The van der Waals surface area contributed by atoms with Gasteiger partial charge in [-0.05, 0) is 24.3 Å². The Labute approximate surface area is 127 Å². The second-order valence-corrected chi connectivity index (χ2v) is 5.29. The first-order valence-corrected chi connectivity index (χ1v) is 7.19. The number of aromatic nitrogens is 1. The van der Waals surface area contributed by atoms with Gasteiger partial charge >= 0.3 is 13.2 Å². The molecule has 0 spiro atoms. The molecule has 0 unspecified atom stereocenters. The molecule has 22 heavy (non-hydrogen) atoms. The van der Waals surface area contributed by atoms with Gasteiger partial charge in [0.25, 0.3) is 0 Å². The first kappa shape index (κ1) is 14.8. The molecular formula is C13H10BF4N3S. The number of rotatable bonds is 0. The van der Waals surface area contributed by atoms with Crippen LogP contribution in [-0.2, 0) is 0 Å². The summed E-state index contributed by atoms with van der Waals surface area (Å²) in [5.74, 6) is 1.09. The van der Waals surface area contributed by atoms with Crippen LogP contribution in [0.2, 0.25) is 0 Å². The van der Waals surface area contributed by atoms with E-state index in [4.69, 9.17) is 0 Å². The van der Waals surface area contributed by atoms with Crippen molar-refractivity contribution < 1.29 is 21.5 Å². The molecule has 4 rings (SSSR count). The molecule has 0 atom stereocenters. The molecule has 0 bridgehead atoms. The van der Waals surface area contributed by atoms with Gasteiger partial charge in [0.2, 0.25) is 0 Å². The Kier molecular flexibility index (Phi) is 3.73. The minimum absolute atomic E-state index is 1.09. The fraction of sp³-hybridized carbons (Fsp3) is 0. The third-order valence-electron chi connectivity index (χ3n) is 2.96. The molecular weight excluding hydrogens is 317 g/mol. The van der Waals surface area contributed by atoms with E-state index in [0.29, 0.717) is 0 Å². The summed E-state index contributed by atoms with van der Waals surface area (Å²) in [4.78, 5) is 0. The van der Waals surface area contributed by atoms with Crippen molar-refractivity contribution in [3.63, 3.8) is 0 Å². The molecule has 9 heteroatoms. The number of nitrogens with one attached hydrogen (secondary N) is 1. The lowest BCUT2D eigenvalue weighted by Crippen LogP contribution is -2.47. The van der Waals surface area contributed by atoms with Crippen LogP contribution in [0.5, 0.6) is 0 Å². The Morgan fingerprint density at radius 1 is 1.00 bits per heavy atom. The molecule has 3 nitrogen and oxygen atoms in total. The molecule has 0 saturated heterocycles. The molecule has 2 aliphatic heterocycles. The molecule has 1 aromatic carbocycles. The third-order valence-corrected chi connectivity index (χ3v) is 3.89. The zero-order chi connectivity index (χ0) is 15.7. The summed E-state index contributed by atoms with van der Waals surface area (Å²) in [6.45, 7) is 0. The van der Waals surface area contributed by atoms with Gasteiger partial charge in [-0.25, -0.2) is 9.56 Å². The fourth-order valence-corrected chi connectivity index (χ4v) is 3.07. The molecule has 1 N–H and O–H groups in total. The van der Waals surface area contributed by atoms with Crippen molar-refractivity contribution in [1.82, 2.24) is 0 Å². The fourth-order valence-electron chi connectivity index (χ4n) is 2.16. The van der Waals surface area contributed by atoms with Crippen LogP contribution in [-0.4, -0.2) is 7.25 Å². The first-order valence-electron chi connectivity index (χ1n) is 6.35. The van der Waals surface area contributed by atoms with Gasteiger partial charge in [-0.3, -0.25) is 0 Å². The van der Waals surface area contributed by atoms with Crippen LogP contribution in [0.4, 0.5) is 28.6 Å². The summed E-state index contributed by atoms with van der Waals surface area (Å²) in [7, 11) is -6.00. The predicted molar refractivity (Wildman–Crippen MR) is 79.7 cm³/mol. The number of halogens is 4. The Morgan fingerprint density at radius 3 is 2.45 bits per heavy atom. The van der Waals surface area contributed by atoms with Crippen molar-refractivity contribution >= 4 is 36.0 Å². The van der Waals surface area contributed by atoms with Crippen LogP contribution >= 0.6 is 11.9 Å². The van der Waals surface area contributed by atoms with Crippen molar-refractivity contribution in [3.8, 4) is 0 Å². The molecule has 0 fully saturated rings. The second kappa shape index (κ2) is 5.56. The maximum absolute atomic E-state index is 9.75. The number of para-hydroxylation sites is 2. The molecule has 0 amide bonds. The Bertz CT molecular complexity index is 819. The van der Waals surface area contributed by atoms with E-state index < -0.39 is 7.25 Å². The molecule has 0 aliphatic carbocycles. The van der Waals surface area contributed by atoms with Crippen LogP contribution in [0.3, 0.4) is 0 Å². The van der Waals surface area contributed by atoms with E-state index in [0.717, 1.165) is 11.6 Å². The summed E-state index contributed by atoms with van der Waals surface area (Å²) in [5, 5.41) is 6.82.